The van der Waals surface area contributed by atoms with Crippen LogP contribution in [0.3, 0.4) is 0 Å². The Kier molecular flexibility index (Phi) is 6.56. The van der Waals surface area contributed by atoms with E-state index in [0.717, 1.165) is 11.3 Å². The largest absolute Gasteiger partial charge is 0.494 e. The number of tetrazole rings is 1. The van der Waals surface area contributed by atoms with Crippen LogP contribution in [-0.4, -0.2) is 58.7 Å². The summed E-state index contributed by atoms with van der Waals surface area (Å²) >= 11 is 1.28. The van der Waals surface area contributed by atoms with Gasteiger partial charge >= 0.3 is 0 Å². The second-order valence-corrected chi connectivity index (χ2v) is 6.40. The lowest BCUT2D eigenvalue weighted by Gasteiger charge is -2.13. The first kappa shape index (κ1) is 18.2. The first-order valence-corrected chi connectivity index (χ1v) is 8.31. The number of methoxy groups -OCH3 is 2. The Bertz CT molecular complexity index is 691. The molecule has 1 aromatic carbocycles. The van der Waals surface area contributed by atoms with Crippen molar-refractivity contribution in [1.82, 2.24) is 25.5 Å². The number of aryl methyl sites for hydroxylation is 1. The summed E-state index contributed by atoms with van der Waals surface area (Å²) in [5.74, 6) is 0.565. The van der Waals surface area contributed by atoms with Gasteiger partial charge in [0.25, 0.3) is 0 Å². The summed E-state index contributed by atoms with van der Waals surface area (Å²) in [7, 11) is 3.19. The zero-order valence-electron chi connectivity index (χ0n) is 14.1. The van der Waals surface area contributed by atoms with Crippen molar-refractivity contribution < 1.29 is 14.3 Å². The maximum atomic E-state index is 12.1. The summed E-state index contributed by atoms with van der Waals surface area (Å²) < 4.78 is 11.9. The Labute approximate surface area is 144 Å². The Hall–Kier alpha value is -2.13. The van der Waals surface area contributed by atoms with Crippen molar-refractivity contribution in [2.45, 2.75) is 24.3 Å². The van der Waals surface area contributed by atoms with E-state index in [2.05, 4.69) is 20.8 Å². The molecule has 0 aliphatic carbocycles. The molecule has 0 radical (unpaired) electrons. The first-order chi connectivity index (χ1) is 11.6. The zero-order chi connectivity index (χ0) is 17.5. The highest BCUT2D eigenvalue weighted by molar-refractivity contribution is 8.00. The third kappa shape index (κ3) is 4.45. The maximum absolute atomic E-state index is 12.1. The standard InChI is InChI=1S/C15H21N5O3S/c1-10-5-6-13(23-4)12(9-10)20-15(17-18-19-20)24-11(2)14(21)16-7-8-22-3/h5-6,9,11H,7-8H2,1-4H3,(H,16,21)/t11-/m1/s1. The van der Waals surface area contributed by atoms with Crippen LogP contribution in [0.4, 0.5) is 0 Å². The topological polar surface area (TPSA) is 91.2 Å². The molecule has 2 rings (SSSR count). The van der Waals surface area contributed by atoms with Gasteiger partial charge in [-0.15, -0.1) is 5.10 Å². The lowest BCUT2D eigenvalue weighted by Crippen LogP contribution is -2.33. The molecular formula is C15H21N5O3S. The van der Waals surface area contributed by atoms with E-state index in [0.29, 0.717) is 24.1 Å². The fraction of sp³-hybridized carbons (Fsp3) is 0.467. The molecule has 8 nitrogen and oxygen atoms in total. The molecule has 2 aromatic rings. The molecule has 1 atom stereocenters. The molecule has 130 valence electrons. The number of carbonyl (C=O) groups excluding carboxylic acids is 1. The molecule has 0 aliphatic heterocycles. The van der Waals surface area contributed by atoms with Crippen molar-refractivity contribution in [3.05, 3.63) is 23.8 Å². The average Bonchev–Trinajstić information content (AvgIpc) is 3.02. The van der Waals surface area contributed by atoms with Gasteiger partial charge in [-0.1, -0.05) is 17.8 Å². The van der Waals surface area contributed by atoms with E-state index >= 15 is 0 Å². The van der Waals surface area contributed by atoms with E-state index in [4.69, 9.17) is 9.47 Å². The number of hydrogen-bond donors (Lipinski definition) is 1. The lowest BCUT2D eigenvalue weighted by atomic mass is 10.2. The van der Waals surface area contributed by atoms with Crippen molar-refractivity contribution in [3.63, 3.8) is 0 Å². The molecule has 0 unspecified atom stereocenters. The van der Waals surface area contributed by atoms with Crippen LogP contribution in [-0.2, 0) is 9.53 Å². The van der Waals surface area contributed by atoms with E-state index in [1.807, 2.05) is 25.1 Å². The Morgan fingerprint density at radius 2 is 2.21 bits per heavy atom. The lowest BCUT2D eigenvalue weighted by molar-refractivity contribution is -0.120. The summed E-state index contributed by atoms with van der Waals surface area (Å²) in [6.45, 7) is 4.73. The monoisotopic (exact) mass is 351 g/mol. The predicted molar refractivity (Wildman–Crippen MR) is 90.6 cm³/mol. The van der Waals surface area contributed by atoms with Gasteiger partial charge in [0.05, 0.1) is 19.0 Å². The number of thioether (sulfide) groups is 1. The summed E-state index contributed by atoms with van der Waals surface area (Å²) in [6, 6.07) is 5.75. The maximum Gasteiger partial charge on any atom is 0.233 e. The molecule has 1 aromatic heterocycles. The van der Waals surface area contributed by atoms with Crippen LogP contribution in [0.25, 0.3) is 5.69 Å². The number of carbonyl (C=O) groups is 1. The first-order valence-electron chi connectivity index (χ1n) is 7.43. The van der Waals surface area contributed by atoms with Gasteiger partial charge in [0.15, 0.2) is 0 Å². The van der Waals surface area contributed by atoms with E-state index in [-0.39, 0.29) is 11.2 Å². The molecule has 0 saturated heterocycles. The van der Waals surface area contributed by atoms with Gasteiger partial charge in [-0.2, -0.15) is 4.68 Å². The van der Waals surface area contributed by atoms with E-state index in [1.54, 1.807) is 25.8 Å². The van der Waals surface area contributed by atoms with Crippen molar-refractivity contribution in [1.29, 1.82) is 0 Å². The van der Waals surface area contributed by atoms with E-state index in [9.17, 15) is 4.79 Å². The van der Waals surface area contributed by atoms with Gasteiger partial charge in [-0.25, -0.2) is 0 Å². The van der Waals surface area contributed by atoms with Crippen LogP contribution in [0.2, 0.25) is 0 Å². The van der Waals surface area contributed by atoms with Gasteiger partial charge in [0.2, 0.25) is 11.1 Å². The molecule has 1 amide bonds. The fourth-order valence-electron chi connectivity index (χ4n) is 2.00. The van der Waals surface area contributed by atoms with Gasteiger partial charge in [-0.3, -0.25) is 4.79 Å². The summed E-state index contributed by atoms with van der Waals surface area (Å²) in [6.07, 6.45) is 0. The van der Waals surface area contributed by atoms with Gasteiger partial charge in [-0.05, 0) is 42.0 Å². The van der Waals surface area contributed by atoms with Crippen molar-refractivity contribution in [2.24, 2.45) is 0 Å². The molecule has 9 heteroatoms. The van der Waals surface area contributed by atoms with Crippen LogP contribution in [0.15, 0.2) is 23.4 Å². The molecule has 1 N–H and O–H groups in total. The van der Waals surface area contributed by atoms with Crippen LogP contribution in [0.5, 0.6) is 5.75 Å². The van der Waals surface area contributed by atoms with E-state index < -0.39 is 0 Å². The minimum absolute atomic E-state index is 0.0946. The number of benzene rings is 1. The smallest absolute Gasteiger partial charge is 0.233 e. The summed E-state index contributed by atoms with van der Waals surface area (Å²) in [5, 5.41) is 14.8. The van der Waals surface area contributed by atoms with Crippen molar-refractivity contribution in [2.75, 3.05) is 27.4 Å². The molecule has 0 spiro atoms. The minimum Gasteiger partial charge on any atom is -0.494 e. The SMILES string of the molecule is COCCNC(=O)[C@@H](C)Sc1nnnn1-c1cc(C)ccc1OC. The second-order valence-electron chi connectivity index (χ2n) is 5.09. The van der Waals surface area contributed by atoms with E-state index in [1.165, 1.54) is 11.8 Å². The third-order valence-corrected chi connectivity index (χ3v) is 4.29. The average molecular weight is 351 g/mol. The number of aromatic nitrogens is 4. The van der Waals surface area contributed by atoms with Gasteiger partial charge < -0.3 is 14.8 Å². The highest BCUT2D eigenvalue weighted by atomic mass is 32.2. The zero-order valence-corrected chi connectivity index (χ0v) is 15.0. The number of rotatable bonds is 8. The Balaban J connectivity index is 2.16. The highest BCUT2D eigenvalue weighted by Gasteiger charge is 2.20. The summed E-state index contributed by atoms with van der Waals surface area (Å²) in [5.41, 5.74) is 1.79. The van der Waals surface area contributed by atoms with Gasteiger partial charge in [0, 0.05) is 13.7 Å². The van der Waals surface area contributed by atoms with Crippen LogP contribution in [0.1, 0.15) is 12.5 Å². The number of hydrogen-bond acceptors (Lipinski definition) is 7. The van der Waals surface area contributed by atoms with Crippen molar-refractivity contribution >= 4 is 17.7 Å². The number of nitrogens with one attached hydrogen (secondary N) is 1. The number of amides is 1. The molecule has 0 bridgehead atoms. The highest BCUT2D eigenvalue weighted by Crippen LogP contribution is 2.28. The number of ether oxygens (including phenoxy) is 2. The third-order valence-electron chi connectivity index (χ3n) is 3.26. The fourth-order valence-corrected chi connectivity index (χ4v) is 2.83. The summed E-state index contributed by atoms with van der Waals surface area (Å²) in [4.78, 5) is 12.1. The second kappa shape index (κ2) is 8.65. The molecule has 0 saturated carbocycles. The van der Waals surface area contributed by atoms with Crippen LogP contribution >= 0.6 is 11.8 Å². The van der Waals surface area contributed by atoms with Crippen molar-refractivity contribution in [3.8, 4) is 11.4 Å². The van der Waals surface area contributed by atoms with Crippen LogP contribution in [0, 0.1) is 6.92 Å². The minimum atomic E-state index is -0.345. The Morgan fingerprint density at radius 3 is 2.92 bits per heavy atom. The number of nitrogens with zero attached hydrogens (tertiary/aromatic N) is 4. The molecule has 1 heterocycles. The predicted octanol–water partition coefficient (Wildman–Crippen LogP) is 1.22. The molecule has 0 aliphatic rings. The van der Waals surface area contributed by atoms with Crippen LogP contribution < -0.4 is 10.1 Å². The molecular weight excluding hydrogens is 330 g/mol. The quantitative estimate of drug-likeness (QED) is 0.565. The normalized spacial score (nSPS) is 12.0. The molecule has 0 fully saturated rings. The molecule has 24 heavy (non-hydrogen) atoms. The van der Waals surface area contributed by atoms with Gasteiger partial charge in [0.1, 0.15) is 11.4 Å². The Morgan fingerprint density at radius 1 is 1.42 bits per heavy atom.